The number of aryl methyl sites for hydroxylation is 1. The first-order chi connectivity index (χ1) is 15.1. The van der Waals surface area contributed by atoms with Gasteiger partial charge in [-0.1, -0.05) is 6.92 Å². The number of carbonyl (C=O) groups excluding carboxylic acids is 1. The van der Waals surface area contributed by atoms with Crippen molar-refractivity contribution >= 4 is 11.6 Å². The highest BCUT2D eigenvalue weighted by molar-refractivity contribution is 5.76. The lowest BCUT2D eigenvalue weighted by Crippen LogP contribution is -2.50. The van der Waals surface area contributed by atoms with Crippen LogP contribution in [0.25, 0.3) is 11.5 Å². The molecule has 0 unspecified atom stereocenters. The summed E-state index contributed by atoms with van der Waals surface area (Å²) < 4.78 is 12.2. The van der Waals surface area contributed by atoms with E-state index in [0.717, 1.165) is 24.5 Å². The molecular weight excluding hydrogens is 398 g/mol. The van der Waals surface area contributed by atoms with Crippen molar-refractivity contribution in [2.45, 2.75) is 19.9 Å². The highest BCUT2D eigenvalue weighted by atomic mass is 16.5. The summed E-state index contributed by atoms with van der Waals surface area (Å²) in [5, 5.41) is 7.95. The van der Waals surface area contributed by atoms with Crippen LogP contribution in [-0.4, -0.2) is 58.9 Å². The minimum atomic E-state index is -0.246. The molecule has 1 fully saturated rings. The van der Waals surface area contributed by atoms with E-state index in [4.69, 9.17) is 9.15 Å². The van der Waals surface area contributed by atoms with E-state index in [1.807, 2.05) is 31.2 Å². The van der Waals surface area contributed by atoms with Gasteiger partial charge in [-0.05, 0) is 30.3 Å². The summed E-state index contributed by atoms with van der Waals surface area (Å²) >= 11 is 0. The van der Waals surface area contributed by atoms with Crippen LogP contribution in [0.3, 0.4) is 0 Å². The molecule has 3 heterocycles. The van der Waals surface area contributed by atoms with Gasteiger partial charge in [0.05, 0.1) is 12.7 Å². The number of aromatic nitrogens is 3. The summed E-state index contributed by atoms with van der Waals surface area (Å²) in [6, 6.07) is 10.9. The number of pyridine rings is 1. The number of methoxy groups -OCH3 is 1. The first-order valence-corrected chi connectivity index (χ1v) is 10.3. The number of benzene rings is 1. The smallest absolute Gasteiger partial charge is 0.251 e. The largest absolute Gasteiger partial charge is 0.497 e. The quantitative estimate of drug-likeness (QED) is 0.597. The molecule has 3 aromatic rings. The van der Waals surface area contributed by atoms with Crippen molar-refractivity contribution < 1.29 is 13.9 Å². The zero-order valence-corrected chi connectivity index (χ0v) is 17.7. The number of carbonyl (C=O) groups is 1. The van der Waals surface area contributed by atoms with Gasteiger partial charge >= 0.3 is 0 Å². The lowest BCUT2D eigenvalue weighted by atomic mass is 10.2. The molecule has 1 aliphatic rings. The van der Waals surface area contributed by atoms with Crippen molar-refractivity contribution in [2.75, 3.05) is 38.2 Å². The Bertz CT molecular complexity index is 1100. The van der Waals surface area contributed by atoms with Gasteiger partial charge in [0.25, 0.3) is 5.56 Å². The third kappa shape index (κ3) is 4.60. The minimum absolute atomic E-state index is 0.0238. The average Bonchev–Trinajstić information content (AvgIpc) is 3.30. The zero-order chi connectivity index (χ0) is 21.8. The molecule has 1 aliphatic heterocycles. The summed E-state index contributed by atoms with van der Waals surface area (Å²) in [7, 11) is 1.64. The molecule has 0 saturated carbocycles. The highest BCUT2D eigenvalue weighted by Gasteiger charge is 2.22. The first kappa shape index (κ1) is 20.6. The molecule has 0 spiro atoms. The Morgan fingerprint density at radius 1 is 1.06 bits per heavy atom. The summed E-state index contributed by atoms with van der Waals surface area (Å²) in [6.07, 6.45) is 2.23. The molecule has 9 heteroatoms. The molecular formula is C22H25N5O4. The molecule has 31 heavy (non-hydrogen) atoms. The fraction of sp³-hybridized carbons (Fsp3) is 0.364. The number of rotatable bonds is 6. The first-order valence-electron chi connectivity index (χ1n) is 10.3. The van der Waals surface area contributed by atoms with Crippen LogP contribution < -0.4 is 15.2 Å². The van der Waals surface area contributed by atoms with Crippen LogP contribution in [0.15, 0.2) is 51.8 Å². The molecule has 0 aliphatic carbocycles. The fourth-order valence-electron chi connectivity index (χ4n) is 3.55. The van der Waals surface area contributed by atoms with E-state index in [1.54, 1.807) is 24.3 Å². The highest BCUT2D eigenvalue weighted by Crippen LogP contribution is 2.21. The van der Waals surface area contributed by atoms with Gasteiger partial charge in [-0.15, -0.1) is 10.2 Å². The van der Waals surface area contributed by atoms with Crippen molar-refractivity contribution in [2.24, 2.45) is 0 Å². The van der Waals surface area contributed by atoms with E-state index in [2.05, 4.69) is 15.1 Å². The van der Waals surface area contributed by atoms with Gasteiger partial charge in [0.1, 0.15) is 12.3 Å². The molecule has 162 valence electrons. The van der Waals surface area contributed by atoms with E-state index in [0.29, 0.717) is 36.9 Å². The van der Waals surface area contributed by atoms with Crippen molar-refractivity contribution in [1.82, 2.24) is 19.7 Å². The van der Waals surface area contributed by atoms with Crippen LogP contribution in [0.5, 0.6) is 5.75 Å². The number of ether oxygens (including phenoxy) is 1. The Balaban J connectivity index is 1.39. The van der Waals surface area contributed by atoms with Gasteiger partial charge in [-0.3, -0.25) is 9.59 Å². The summed E-state index contributed by atoms with van der Waals surface area (Å²) in [6.45, 7) is 4.56. The Morgan fingerprint density at radius 2 is 1.81 bits per heavy atom. The second-order valence-corrected chi connectivity index (χ2v) is 7.30. The molecule has 1 aromatic carbocycles. The van der Waals surface area contributed by atoms with E-state index in [9.17, 15) is 9.59 Å². The Kier molecular flexibility index (Phi) is 6.01. The maximum atomic E-state index is 12.8. The third-order valence-corrected chi connectivity index (χ3v) is 5.38. The maximum Gasteiger partial charge on any atom is 0.251 e. The van der Waals surface area contributed by atoms with E-state index in [-0.39, 0.29) is 18.0 Å². The van der Waals surface area contributed by atoms with Gasteiger partial charge in [0.15, 0.2) is 0 Å². The second-order valence-electron chi connectivity index (χ2n) is 7.30. The number of hydrogen-bond donors (Lipinski definition) is 0. The van der Waals surface area contributed by atoms with Crippen molar-refractivity contribution in [3.8, 4) is 17.2 Å². The molecule has 0 N–H and O–H groups in total. The number of amides is 1. The third-order valence-electron chi connectivity index (χ3n) is 5.38. The maximum absolute atomic E-state index is 12.8. The number of anilines is 1. The monoisotopic (exact) mass is 423 g/mol. The predicted octanol–water partition coefficient (Wildman–Crippen LogP) is 1.82. The van der Waals surface area contributed by atoms with Crippen LogP contribution in [-0.2, 0) is 17.8 Å². The Morgan fingerprint density at radius 3 is 2.45 bits per heavy atom. The molecule has 1 amide bonds. The van der Waals surface area contributed by atoms with Crippen LogP contribution in [0.2, 0.25) is 0 Å². The van der Waals surface area contributed by atoms with E-state index >= 15 is 0 Å². The minimum Gasteiger partial charge on any atom is -0.497 e. The van der Waals surface area contributed by atoms with Crippen molar-refractivity contribution in [3.05, 3.63) is 58.8 Å². The zero-order valence-electron chi connectivity index (χ0n) is 17.7. The molecule has 0 radical (unpaired) electrons. The number of piperazine rings is 1. The standard InChI is InChI=1S/C22H25N5O4/c1-3-19-23-24-22(31-19)16-4-9-20(28)27(14-16)15-21(29)26-12-10-25(11-13-26)17-5-7-18(30-2)8-6-17/h4-9,14H,3,10-13,15H2,1-2H3. The Labute approximate surface area is 179 Å². The summed E-state index contributed by atoms with van der Waals surface area (Å²) in [5.41, 5.74) is 1.47. The van der Waals surface area contributed by atoms with Crippen molar-refractivity contribution in [3.63, 3.8) is 0 Å². The summed E-state index contributed by atoms with van der Waals surface area (Å²) in [5.74, 6) is 1.59. The SMILES string of the molecule is CCc1nnc(-c2ccc(=O)n(CC(=O)N3CCN(c4ccc(OC)cc4)CC3)c2)o1. The average molecular weight is 423 g/mol. The van der Waals surface area contributed by atoms with E-state index < -0.39 is 0 Å². The van der Waals surface area contributed by atoms with Crippen molar-refractivity contribution in [1.29, 1.82) is 0 Å². The van der Waals surface area contributed by atoms with E-state index in [1.165, 1.54) is 10.6 Å². The van der Waals surface area contributed by atoms with Gasteiger partial charge < -0.3 is 23.5 Å². The molecule has 0 atom stereocenters. The van der Waals surface area contributed by atoms with Crippen LogP contribution in [0.4, 0.5) is 5.69 Å². The molecule has 2 aromatic heterocycles. The predicted molar refractivity (Wildman–Crippen MR) is 115 cm³/mol. The molecule has 1 saturated heterocycles. The van der Waals surface area contributed by atoms with Gasteiger partial charge in [0.2, 0.25) is 17.7 Å². The number of hydrogen-bond acceptors (Lipinski definition) is 7. The van der Waals surface area contributed by atoms with Gasteiger partial charge in [0, 0.05) is 50.6 Å². The second kappa shape index (κ2) is 9.03. The molecule has 4 rings (SSSR count). The lowest BCUT2D eigenvalue weighted by molar-refractivity contribution is -0.132. The lowest BCUT2D eigenvalue weighted by Gasteiger charge is -2.36. The molecule has 9 nitrogen and oxygen atoms in total. The normalized spacial score (nSPS) is 14.0. The van der Waals surface area contributed by atoms with Gasteiger partial charge in [-0.25, -0.2) is 0 Å². The topological polar surface area (TPSA) is 93.7 Å². The van der Waals surface area contributed by atoms with Gasteiger partial charge in [-0.2, -0.15) is 0 Å². The summed E-state index contributed by atoms with van der Waals surface area (Å²) in [4.78, 5) is 29.1. The number of nitrogens with zero attached hydrogens (tertiary/aromatic N) is 5. The van der Waals surface area contributed by atoms with Crippen LogP contribution >= 0.6 is 0 Å². The fourth-order valence-corrected chi connectivity index (χ4v) is 3.55. The van der Waals surface area contributed by atoms with Crippen LogP contribution in [0.1, 0.15) is 12.8 Å². The molecule has 0 bridgehead atoms. The Hall–Kier alpha value is -3.62. The van der Waals surface area contributed by atoms with Crippen LogP contribution in [0, 0.1) is 0 Å².